The number of piperidine rings is 1. The smallest absolute Gasteiger partial charge is 0.341 e. The first kappa shape index (κ1) is 16.1. The van der Waals surface area contributed by atoms with Crippen molar-refractivity contribution in [3.63, 3.8) is 0 Å². The first-order chi connectivity index (χ1) is 11.7. The molecule has 2 aliphatic carbocycles. The number of esters is 1. The number of nitrogens with one attached hydrogen (secondary N) is 1. The summed E-state index contributed by atoms with van der Waals surface area (Å²) in [5, 5.41) is 5.69. The van der Waals surface area contributed by atoms with E-state index >= 15 is 0 Å². The largest absolute Gasteiger partial charge is 0.465 e. The standard InChI is InChI=1S/C18H24N2O3S/c1-23-18(22)15-14(11-2-3-11)10-24-17(15)19-16(21)12-6-8-20(9-7-12)13-4-5-13/h10-13H,2-9H2,1H3,(H,19,21). The molecule has 0 unspecified atom stereocenters. The third-order valence-corrected chi connectivity index (χ3v) is 6.34. The van der Waals surface area contributed by atoms with Crippen LogP contribution in [0, 0.1) is 5.92 Å². The molecule has 0 radical (unpaired) electrons. The molecule has 130 valence electrons. The molecule has 3 fully saturated rings. The summed E-state index contributed by atoms with van der Waals surface area (Å²) >= 11 is 1.45. The van der Waals surface area contributed by atoms with E-state index in [1.165, 1.54) is 31.3 Å². The predicted octanol–water partition coefficient (Wildman–Crippen LogP) is 3.23. The molecule has 1 N–H and O–H groups in total. The van der Waals surface area contributed by atoms with Gasteiger partial charge in [0.1, 0.15) is 5.00 Å². The minimum absolute atomic E-state index is 0.0528. The Morgan fingerprint density at radius 2 is 1.88 bits per heavy atom. The molecule has 1 saturated heterocycles. The van der Waals surface area contributed by atoms with Crippen molar-refractivity contribution < 1.29 is 14.3 Å². The van der Waals surface area contributed by atoms with Crippen LogP contribution in [0.4, 0.5) is 5.00 Å². The Labute approximate surface area is 146 Å². The van der Waals surface area contributed by atoms with E-state index in [0.29, 0.717) is 16.5 Å². The second-order valence-electron chi connectivity index (χ2n) is 7.19. The van der Waals surface area contributed by atoms with Crippen LogP contribution in [0.5, 0.6) is 0 Å². The zero-order valence-electron chi connectivity index (χ0n) is 14.0. The number of methoxy groups -OCH3 is 1. The number of carbonyl (C=O) groups is 2. The van der Waals surface area contributed by atoms with Gasteiger partial charge in [0.2, 0.25) is 5.91 Å². The van der Waals surface area contributed by atoms with Crippen LogP contribution in [0.25, 0.3) is 0 Å². The summed E-state index contributed by atoms with van der Waals surface area (Å²) in [6.07, 6.45) is 6.70. The summed E-state index contributed by atoms with van der Waals surface area (Å²) in [6.45, 7) is 2.04. The van der Waals surface area contributed by atoms with Crippen LogP contribution in [0.3, 0.4) is 0 Å². The normalized spacial score (nSPS) is 22.4. The van der Waals surface area contributed by atoms with E-state index in [0.717, 1.165) is 50.4 Å². The third-order valence-electron chi connectivity index (χ3n) is 5.43. The molecule has 2 heterocycles. The Hall–Kier alpha value is -1.40. The predicted molar refractivity (Wildman–Crippen MR) is 93.6 cm³/mol. The van der Waals surface area contributed by atoms with E-state index in [1.54, 1.807) is 0 Å². The maximum absolute atomic E-state index is 12.6. The van der Waals surface area contributed by atoms with Crippen LogP contribution in [-0.2, 0) is 9.53 Å². The molecular formula is C18H24N2O3S. The fourth-order valence-electron chi connectivity index (χ4n) is 3.65. The van der Waals surface area contributed by atoms with Gasteiger partial charge in [0.15, 0.2) is 0 Å². The number of hydrogen-bond acceptors (Lipinski definition) is 5. The van der Waals surface area contributed by atoms with Crippen molar-refractivity contribution in [3.05, 3.63) is 16.5 Å². The molecule has 1 aliphatic heterocycles. The fourth-order valence-corrected chi connectivity index (χ4v) is 4.68. The second-order valence-corrected chi connectivity index (χ2v) is 8.07. The number of ether oxygens (including phenoxy) is 1. The van der Waals surface area contributed by atoms with E-state index in [1.807, 2.05) is 5.38 Å². The highest BCUT2D eigenvalue weighted by molar-refractivity contribution is 7.15. The molecule has 4 rings (SSSR count). The van der Waals surface area contributed by atoms with E-state index in [4.69, 9.17) is 4.74 Å². The van der Waals surface area contributed by atoms with Crippen molar-refractivity contribution in [1.82, 2.24) is 4.90 Å². The summed E-state index contributed by atoms with van der Waals surface area (Å²) in [6, 6.07) is 0.776. The number of carbonyl (C=O) groups excluding carboxylic acids is 2. The number of likely N-dealkylation sites (tertiary alicyclic amines) is 1. The summed E-state index contributed by atoms with van der Waals surface area (Å²) in [5.74, 6) is 0.233. The Morgan fingerprint density at radius 1 is 1.17 bits per heavy atom. The Balaban J connectivity index is 1.43. The average Bonchev–Trinajstić information content (AvgIpc) is 3.52. The van der Waals surface area contributed by atoms with Crippen LogP contribution in [0.2, 0.25) is 0 Å². The molecular weight excluding hydrogens is 324 g/mol. The lowest BCUT2D eigenvalue weighted by atomic mass is 9.95. The maximum Gasteiger partial charge on any atom is 0.341 e. The van der Waals surface area contributed by atoms with Crippen LogP contribution < -0.4 is 5.32 Å². The van der Waals surface area contributed by atoms with Gasteiger partial charge < -0.3 is 15.0 Å². The van der Waals surface area contributed by atoms with Gasteiger partial charge in [0.25, 0.3) is 0 Å². The quantitative estimate of drug-likeness (QED) is 0.830. The van der Waals surface area contributed by atoms with Gasteiger partial charge >= 0.3 is 5.97 Å². The second kappa shape index (κ2) is 6.48. The lowest BCUT2D eigenvalue weighted by molar-refractivity contribution is -0.121. The van der Waals surface area contributed by atoms with Gasteiger partial charge in [-0.3, -0.25) is 4.79 Å². The lowest BCUT2D eigenvalue weighted by Gasteiger charge is -2.31. The summed E-state index contributed by atoms with van der Waals surface area (Å²) in [4.78, 5) is 27.3. The van der Waals surface area contributed by atoms with E-state index < -0.39 is 0 Å². The van der Waals surface area contributed by atoms with Gasteiger partial charge in [-0.2, -0.15) is 0 Å². The molecule has 0 aromatic carbocycles. The summed E-state index contributed by atoms with van der Waals surface area (Å²) < 4.78 is 4.94. The number of thiophene rings is 1. The molecule has 0 bridgehead atoms. The zero-order chi connectivity index (χ0) is 16.7. The van der Waals surface area contributed by atoms with Gasteiger partial charge in [-0.15, -0.1) is 11.3 Å². The number of rotatable bonds is 5. The molecule has 0 spiro atoms. The molecule has 1 aromatic rings. The van der Waals surface area contributed by atoms with E-state index in [2.05, 4.69) is 10.2 Å². The Kier molecular flexibility index (Phi) is 4.35. The SMILES string of the molecule is COC(=O)c1c(C2CC2)csc1NC(=O)C1CCN(C2CC2)CC1. The van der Waals surface area contributed by atoms with Gasteiger partial charge in [-0.05, 0) is 68.5 Å². The summed E-state index contributed by atoms with van der Waals surface area (Å²) in [7, 11) is 1.40. The van der Waals surface area contributed by atoms with Crippen molar-refractivity contribution in [2.24, 2.45) is 5.92 Å². The van der Waals surface area contributed by atoms with Gasteiger partial charge in [-0.1, -0.05) is 0 Å². The zero-order valence-corrected chi connectivity index (χ0v) is 14.9. The fraction of sp³-hybridized carbons (Fsp3) is 0.667. The Bertz CT molecular complexity index is 641. The monoisotopic (exact) mass is 348 g/mol. The molecule has 0 atom stereocenters. The lowest BCUT2D eigenvalue weighted by Crippen LogP contribution is -2.39. The minimum atomic E-state index is -0.336. The molecule has 5 nitrogen and oxygen atoms in total. The van der Waals surface area contributed by atoms with Crippen molar-refractivity contribution in [2.75, 3.05) is 25.5 Å². The van der Waals surface area contributed by atoms with Gasteiger partial charge in [0.05, 0.1) is 12.7 Å². The molecule has 1 aromatic heterocycles. The molecule has 6 heteroatoms. The highest BCUT2D eigenvalue weighted by Crippen LogP contribution is 2.46. The third kappa shape index (κ3) is 3.22. The number of nitrogens with zero attached hydrogens (tertiary/aromatic N) is 1. The van der Waals surface area contributed by atoms with Gasteiger partial charge in [0, 0.05) is 12.0 Å². The summed E-state index contributed by atoms with van der Waals surface area (Å²) in [5.41, 5.74) is 1.62. The van der Waals surface area contributed by atoms with Crippen LogP contribution in [-0.4, -0.2) is 43.0 Å². The van der Waals surface area contributed by atoms with E-state index in [9.17, 15) is 9.59 Å². The first-order valence-electron chi connectivity index (χ1n) is 8.92. The van der Waals surface area contributed by atoms with Crippen molar-refractivity contribution in [1.29, 1.82) is 0 Å². The molecule has 24 heavy (non-hydrogen) atoms. The molecule has 2 saturated carbocycles. The number of anilines is 1. The van der Waals surface area contributed by atoms with Crippen LogP contribution in [0.15, 0.2) is 5.38 Å². The molecule has 3 aliphatic rings. The van der Waals surface area contributed by atoms with Crippen molar-refractivity contribution in [2.45, 2.75) is 50.5 Å². The highest BCUT2D eigenvalue weighted by atomic mass is 32.1. The minimum Gasteiger partial charge on any atom is -0.465 e. The van der Waals surface area contributed by atoms with Crippen LogP contribution >= 0.6 is 11.3 Å². The van der Waals surface area contributed by atoms with Crippen molar-refractivity contribution in [3.8, 4) is 0 Å². The van der Waals surface area contributed by atoms with Crippen molar-refractivity contribution >= 4 is 28.2 Å². The van der Waals surface area contributed by atoms with Gasteiger partial charge in [-0.25, -0.2) is 4.79 Å². The average molecular weight is 348 g/mol. The topological polar surface area (TPSA) is 58.6 Å². The number of hydrogen-bond donors (Lipinski definition) is 1. The maximum atomic E-state index is 12.6. The first-order valence-corrected chi connectivity index (χ1v) is 9.80. The van der Waals surface area contributed by atoms with E-state index in [-0.39, 0.29) is 17.8 Å². The van der Waals surface area contributed by atoms with Crippen LogP contribution in [0.1, 0.15) is 60.4 Å². The number of amides is 1. The highest BCUT2D eigenvalue weighted by Gasteiger charge is 2.35. The Morgan fingerprint density at radius 3 is 2.46 bits per heavy atom. The molecule has 1 amide bonds.